The molecule has 0 aliphatic carbocycles. The van der Waals surface area contributed by atoms with Crippen molar-refractivity contribution in [3.05, 3.63) is 34.2 Å². The van der Waals surface area contributed by atoms with Crippen molar-refractivity contribution in [2.24, 2.45) is 0 Å². The molecule has 0 unspecified atom stereocenters. The Balaban J connectivity index is 2.66. The molecular formula is C11H12N4O2. The minimum absolute atomic E-state index is 0.0536. The first kappa shape index (κ1) is 11.1. The largest absolute Gasteiger partial charge is 0.494 e. The lowest BCUT2D eigenvalue weighted by Crippen LogP contribution is -2.11. The quantitative estimate of drug-likeness (QED) is 0.796. The smallest absolute Gasteiger partial charge is 0.275 e. The number of nitrogens with zero attached hydrogens (tertiary/aromatic N) is 2. The third-order valence-corrected chi connectivity index (χ3v) is 2.23. The van der Waals surface area contributed by atoms with Gasteiger partial charge < -0.3 is 15.5 Å². The van der Waals surface area contributed by atoms with E-state index >= 15 is 0 Å². The number of pyridine rings is 1. The third-order valence-electron chi connectivity index (χ3n) is 2.23. The Morgan fingerprint density at radius 1 is 1.35 bits per heavy atom. The second kappa shape index (κ2) is 4.25. The maximum absolute atomic E-state index is 11.3. The van der Waals surface area contributed by atoms with Crippen LogP contribution in [0.3, 0.4) is 0 Å². The number of aromatic amines is 1. The van der Waals surface area contributed by atoms with Crippen LogP contribution in [0.15, 0.2) is 23.0 Å². The van der Waals surface area contributed by atoms with E-state index in [1.54, 1.807) is 13.2 Å². The molecule has 2 heterocycles. The molecule has 0 radical (unpaired) electrons. The van der Waals surface area contributed by atoms with E-state index in [-0.39, 0.29) is 5.95 Å². The first-order valence-electron chi connectivity index (χ1n) is 4.99. The number of nitrogen functional groups attached to an aromatic ring is 1. The number of rotatable bonds is 2. The maximum Gasteiger partial charge on any atom is 0.275 e. The normalized spacial score (nSPS) is 10.2. The highest BCUT2D eigenvalue weighted by atomic mass is 16.5. The zero-order valence-corrected chi connectivity index (χ0v) is 9.52. The molecule has 2 aromatic heterocycles. The Kier molecular flexibility index (Phi) is 2.78. The van der Waals surface area contributed by atoms with E-state index in [0.717, 1.165) is 5.69 Å². The number of methoxy groups -OCH3 is 1. The molecule has 6 nitrogen and oxygen atoms in total. The molecule has 0 aliphatic rings. The van der Waals surface area contributed by atoms with Crippen molar-refractivity contribution in [1.29, 1.82) is 0 Å². The molecule has 3 N–H and O–H groups in total. The molecule has 0 aliphatic heterocycles. The number of aryl methyl sites for hydroxylation is 1. The number of nitrogens with two attached hydrogens (primary N) is 1. The Morgan fingerprint density at radius 2 is 2.12 bits per heavy atom. The van der Waals surface area contributed by atoms with Gasteiger partial charge in [-0.1, -0.05) is 0 Å². The van der Waals surface area contributed by atoms with Gasteiger partial charge >= 0.3 is 0 Å². The summed E-state index contributed by atoms with van der Waals surface area (Å²) in [5.41, 5.74) is 6.92. The molecule has 0 fully saturated rings. The zero-order valence-electron chi connectivity index (χ0n) is 9.52. The lowest BCUT2D eigenvalue weighted by molar-refractivity contribution is 0.414. The van der Waals surface area contributed by atoms with Gasteiger partial charge in [-0.3, -0.25) is 4.79 Å². The van der Waals surface area contributed by atoms with Crippen LogP contribution in [0.2, 0.25) is 0 Å². The standard InChI is InChI=1S/C11H12N4O2/c1-6-3-4-8(17-2)10(13-6)7-5-9(16)15-11(12)14-7/h3-5H,1-2H3,(H3,12,14,15,16). The number of hydrogen-bond acceptors (Lipinski definition) is 5. The average molecular weight is 232 g/mol. The fraction of sp³-hybridized carbons (Fsp3) is 0.182. The molecule has 0 atom stereocenters. The number of ether oxygens (including phenoxy) is 1. The fourth-order valence-electron chi connectivity index (χ4n) is 1.51. The highest BCUT2D eigenvalue weighted by molar-refractivity contribution is 5.63. The first-order chi connectivity index (χ1) is 8.10. The Hall–Kier alpha value is -2.37. The summed E-state index contributed by atoms with van der Waals surface area (Å²) in [6.07, 6.45) is 0. The molecule has 2 rings (SSSR count). The van der Waals surface area contributed by atoms with E-state index in [2.05, 4.69) is 15.0 Å². The fourth-order valence-corrected chi connectivity index (χ4v) is 1.51. The summed E-state index contributed by atoms with van der Waals surface area (Å²) in [6.45, 7) is 1.85. The summed E-state index contributed by atoms with van der Waals surface area (Å²) in [6, 6.07) is 4.94. The van der Waals surface area contributed by atoms with Gasteiger partial charge in [0.1, 0.15) is 11.4 Å². The molecule has 0 spiro atoms. The van der Waals surface area contributed by atoms with E-state index < -0.39 is 5.56 Å². The number of nitrogens with one attached hydrogen (secondary N) is 1. The van der Waals surface area contributed by atoms with Crippen LogP contribution < -0.4 is 16.0 Å². The Bertz CT molecular complexity index is 607. The van der Waals surface area contributed by atoms with Gasteiger partial charge in [0.05, 0.1) is 12.8 Å². The summed E-state index contributed by atoms with van der Waals surface area (Å²) >= 11 is 0. The van der Waals surface area contributed by atoms with Gasteiger partial charge in [-0.05, 0) is 19.1 Å². The van der Waals surface area contributed by atoms with E-state index in [1.165, 1.54) is 6.07 Å². The molecule has 0 bridgehead atoms. The van der Waals surface area contributed by atoms with Gasteiger partial charge in [-0.15, -0.1) is 0 Å². The molecule has 2 aromatic rings. The number of aromatic nitrogens is 3. The average Bonchev–Trinajstić information content (AvgIpc) is 2.27. The summed E-state index contributed by atoms with van der Waals surface area (Å²) in [5, 5.41) is 0. The summed E-state index contributed by atoms with van der Waals surface area (Å²) < 4.78 is 5.19. The lowest BCUT2D eigenvalue weighted by Gasteiger charge is -2.08. The van der Waals surface area contributed by atoms with Crippen LogP contribution in [0.1, 0.15) is 5.69 Å². The third kappa shape index (κ3) is 2.25. The first-order valence-corrected chi connectivity index (χ1v) is 4.99. The lowest BCUT2D eigenvalue weighted by atomic mass is 10.2. The van der Waals surface area contributed by atoms with Crippen LogP contribution in [-0.4, -0.2) is 22.1 Å². The van der Waals surface area contributed by atoms with Crippen molar-refractivity contribution >= 4 is 5.95 Å². The van der Waals surface area contributed by atoms with Crippen LogP contribution in [0.25, 0.3) is 11.4 Å². The molecule has 0 saturated heterocycles. The predicted molar refractivity (Wildman–Crippen MR) is 63.8 cm³/mol. The van der Waals surface area contributed by atoms with E-state index in [4.69, 9.17) is 10.5 Å². The van der Waals surface area contributed by atoms with Crippen molar-refractivity contribution < 1.29 is 4.74 Å². The number of hydrogen-bond donors (Lipinski definition) is 2. The molecule has 6 heteroatoms. The highest BCUT2D eigenvalue weighted by Gasteiger charge is 2.10. The van der Waals surface area contributed by atoms with Crippen LogP contribution in [0.5, 0.6) is 5.75 Å². The van der Waals surface area contributed by atoms with Gasteiger partial charge in [-0.25, -0.2) is 4.98 Å². The SMILES string of the molecule is COc1ccc(C)nc1-c1cc(=O)nc(N)[nH]1. The monoisotopic (exact) mass is 232 g/mol. The zero-order chi connectivity index (χ0) is 12.4. The van der Waals surface area contributed by atoms with Crippen molar-refractivity contribution in [1.82, 2.24) is 15.0 Å². The summed E-state index contributed by atoms with van der Waals surface area (Å²) in [7, 11) is 1.54. The van der Waals surface area contributed by atoms with Gasteiger partial charge in [-0.2, -0.15) is 4.98 Å². The number of H-pyrrole nitrogens is 1. The second-order valence-corrected chi connectivity index (χ2v) is 3.52. The molecule has 88 valence electrons. The van der Waals surface area contributed by atoms with Crippen molar-refractivity contribution in [3.63, 3.8) is 0 Å². The highest BCUT2D eigenvalue weighted by Crippen LogP contribution is 2.25. The Morgan fingerprint density at radius 3 is 2.76 bits per heavy atom. The topological polar surface area (TPSA) is 93.9 Å². The molecule has 0 saturated carbocycles. The van der Waals surface area contributed by atoms with Gasteiger partial charge in [0.25, 0.3) is 5.56 Å². The molecular weight excluding hydrogens is 220 g/mol. The van der Waals surface area contributed by atoms with E-state index in [0.29, 0.717) is 17.1 Å². The second-order valence-electron chi connectivity index (χ2n) is 3.52. The minimum atomic E-state index is -0.415. The van der Waals surface area contributed by atoms with Crippen molar-refractivity contribution in [2.45, 2.75) is 6.92 Å². The van der Waals surface area contributed by atoms with Gasteiger partial charge in [0.15, 0.2) is 0 Å². The van der Waals surface area contributed by atoms with Crippen LogP contribution in [-0.2, 0) is 0 Å². The van der Waals surface area contributed by atoms with Crippen LogP contribution in [0.4, 0.5) is 5.95 Å². The van der Waals surface area contributed by atoms with E-state index in [9.17, 15) is 4.79 Å². The minimum Gasteiger partial charge on any atom is -0.494 e. The van der Waals surface area contributed by atoms with Gasteiger partial charge in [0, 0.05) is 11.8 Å². The summed E-state index contributed by atoms with van der Waals surface area (Å²) in [4.78, 5) is 21.9. The Labute approximate surface area is 97.5 Å². The van der Waals surface area contributed by atoms with Gasteiger partial charge in [0.2, 0.25) is 5.95 Å². The van der Waals surface area contributed by atoms with Crippen molar-refractivity contribution in [2.75, 3.05) is 12.8 Å². The predicted octanol–water partition coefficient (Wildman–Crippen LogP) is 0.731. The van der Waals surface area contributed by atoms with E-state index in [1.807, 2.05) is 13.0 Å². The molecule has 17 heavy (non-hydrogen) atoms. The number of anilines is 1. The maximum atomic E-state index is 11.3. The van der Waals surface area contributed by atoms with Crippen LogP contribution in [0, 0.1) is 6.92 Å². The van der Waals surface area contributed by atoms with Crippen LogP contribution >= 0.6 is 0 Å². The summed E-state index contributed by atoms with van der Waals surface area (Å²) in [5.74, 6) is 0.620. The van der Waals surface area contributed by atoms with Crippen molar-refractivity contribution in [3.8, 4) is 17.1 Å². The molecule has 0 aromatic carbocycles. The molecule has 0 amide bonds.